The molecule has 0 aliphatic heterocycles. The van der Waals surface area contributed by atoms with Gasteiger partial charge in [-0.05, 0) is 13.8 Å². The van der Waals surface area contributed by atoms with E-state index in [2.05, 4.69) is 4.98 Å². The molecule has 0 fully saturated rings. The summed E-state index contributed by atoms with van der Waals surface area (Å²) in [5.41, 5.74) is 3.20. The number of hydrogen-bond acceptors (Lipinski definition) is 4. The zero-order chi connectivity index (χ0) is 11.3. The zero-order valence-corrected chi connectivity index (χ0v) is 10.2. The summed E-state index contributed by atoms with van der Waals surface area (Å²) in [6.45, 7) is 4.23. The lowest BCUT2D eigenvalue weighted by atomic mass is 10.1. The van der Waals surface area contributed by atoms with Gasteiger partial charge < -0.3 is 9.84 Å². The molecule has 1 aromatic heterocycles. The van der Waals surface area contributed by atoms with Crippen molar-refractivity contribution in [1.29, 1.82) is 0 Å². The number of rotatable bonds is 5. The quantitative estimate of drug-likeness (QED) is 0.781. The van der Waals surface area contributed by atoms with Crippen molar-refractivity contribution in [3.05, 3.63) is 23.0 Å². The number of thioether (sulfide) groups is 1. The second-order valence-corrected chi connectivity index (χ2v) is 4.43. The van der Waals surface area contributed by atoms with Gasteiger partial charge in [-0.2, -0.15) is 11.8 Å². The third kappa shape index (κ3) is 3.11. The van der Waals surface area contributed by atoms with Crippen LogP contribution in [0.5, 0.6) is 5.75 Å². The molecule has 0 saturated heterocycles. The lowest BCUT2D eigenvalue weighted by Gasteiger charge is -2.11. The summed E-state index contributed by atoms with van der Waals surface area (Å²) in [5.74, 6) is 2.49. The third-order valence-electron chi connectivity index (χ3n) is 2.22. The van der Waals surface area contributed by atoms with Crippen LogP contribution in [0.25, 0.3) is 0 Å². The van der Waals surface area contributed by atoms with E-state index in [0.717, 1.165) is 34.1 Å². The molecule has 0 unspecified atom stereocenters. The predicted octanol–water partition coefficient (Wildman–Crippen LogP) is 1.93. The van der Waals surface area contributed by atoms with Gasteiger partial charge in [0.1, 0.15) is 5.75 Å². The van der Waals surface area contributed by atoms with Crippen LogP contribution in [-0.4, -0.2) is 29.6 Å². The summed E-state index contributed by atoms with van der Waals surface area (Å²) in [4.78, 5) is 4.38. The third-order valence-corrected chi connectivity index (χ3v) is 3.17. The summed E-state index contributed by atoms with van der Waals surface area (Å²) in [5, 5.41) is 8.69. The standard InChI is InChI=1S/C11H17NO2S/c1-8-6-12-10(7-15-5-4-13)9(2)11(8)14-3/h6,13H,4-5,7H2,1-3H3. The van der Waals surface area contributed by atoms with Crippen LogP contribution in [-0.2, 0) is 5.75 Å². The maximum atomic E-state index is 8.69. The van der Waals surface area contributed by atoms with Crippen molar-refractivity contribution in [2.45, 2.75) is 19.6 Å². The van der Waals surface area contributed by atoms with Gasteiger partial charge in [0.25, 0.3) is 0 Å². The Kier molecular flexibility index (Phi) is 4.91. The van der Waals surface area contributed by atoms with Gasteiger partial charge in [0.2, 0.25) is 0 Å². The number of methoxy groups -OCH3 is 1. The van der Waals surface area contributed by atoms with Crippen LogP contribution in [0.1, 0.15) is 16.8 Å². The molecule has 4 heteroatoms. The minimum atomic E-state index is 0.215. The number of ether oxygens (including phenoxy) is 1. The summed E-state index contributed by atoms with van der Waals surface area (Å²) >= 11 is 1.68. The molecule has 0 bridgehead atoms. The van der Waals surface area contributed by atoms with Crippen LogP contribution in [0.4, 0.5) is 0 Å². The fraction of sp³-hybridized carbons (Fsp3) is 0.545. The van der Waals surface area contributed by atoms with Gasteiger partial charge >= 0.3 is 0 Å². The van der Waals surface area contributed by atoms with Gasteiger partial charge in [0.05, 0.1) is 19.4 Å². The molecule has 0 aliphatic carbocycles. The highest BCUT2D eigenvalue weighted by molar-refractivity contribution is 7.98. The number of aliphatic hydroxyl groups is 1. The Labute approximate surface area is 94.9 Å². The van der Waals surface area contributed by atoms with E-state index in [-0.39, 0.29) is 6.61 Å². The number of nitrogens with zero attached hydrogens (tertiary/aromatic N) is 1. The molecule has 1 heterocycles. The van der Waals surface area contributed by atoms with E-state index >= 15 is 0 Å². The first-order valence-corrected chi connectivity index (χ1v) is 6.03. The van der Waals surface area contributed by atoms with Gasteiger partial charge in [-0.25, -0.2) is 0 Å². The van der Waals surface area contributed by atoms with E-state index in [4.69, 9.17) is 9.84 Å². The summed E-state index contributed by atoms with van der Waals surface area (Å²) in [7, 11) is 1.68. The average molecular weight is 227 g/mol. The van der Waals surface area contributed by atoms with Crippen LogP contribution in [0.2, 0.25) is 0 Å². The highest BCUT2D eigenvalue weighted by Crippen LogP contribution is 2.26. The largest absolute Gasteiger partial charge is 0.496 e. The van der Waals surface area contributed by atoms with E-state index in [1.165, 1.54) is 0 Å². The molecule has 1 rings (SSSR count). The molecule has 1 aromatic rings. The zero-order valence-electron chi connectivity index (χ0n) is 9.41. The van der Waals surface area contributed by atoms with E-state index in [1.807, 2.05) is 20.0 Å². The molecule has 15 heavy (non-hydrogen) atoms. The lowest BCUT2D eigenvalue weighted by Crippen LogP contribution is -1.99. The molecule has 0 amide bonds. The van der Waals surface area contributed by atoms with Crippen LogP contribution in [0.15, 0.2) is 6.20 Å². The SMILES string of the molecule is COc1c(C)cnc(CSCCO)c1C. The molecular weight excluding hydrogens is 210 g/mol. The normalized spacial score (nSPS) is 10.4. The van der Waals surface area contributed by atoms with Crippen LogP contribution in [0.3, 0.4) is 0 Å². The number of aliphatic hydroxyl groups excluding tert-OH is 1. The highest BCUT2D eigenvalue weighted by Gasteiger charge is 2.08. The molecule has 1 N–H and O–H groups in total. The Morgan fingerprint density at radius 2 is 2.20 bits per heavy atom. The Morgan fingerprint density at radius 1 is 1.47 bits per heavy atom. The van der Waals surface area contributed by atoms with Crippen molar-refractivity contribution in [2.75, 3.05) is 19.5 Å². The van der Waals surface area contributed by atoms with Crippen molar-refractivity contribution in [3.63, 3.8) is 0 Å². The van der Waals surface area contributed by atoms with Crippen molar-refractivity contribution < 1.29 is 9.84 Å². The first-order valence-electron chi connectivity index (χ1n) is 4.88. The second kappa shape index (κ2) is 5.98. The van der Waals surface area contributed by atoms with E-state index in [1.54, 1.807) is 18.9 Å². The van der Waals surface area contributed by atoms with Crippen molar-refractivity contribution in [3.8, 4) is 5.75 Å². The van der Waals surface area contributed by atoms with E-state index in [0.29, 0.717) is 0 Å². The molecule has 0 radical (unpaired) electrons. The fourth-order valence-electron chi connectivity index (χ4n) is 1.45. The molecule has 0 aliphatic rings. The van der Waals surface area contributed by atoms with Crippen LogP contribution >= 0.6 is 11.8 Å². The van der Waals surface area contributed by atoms with E-state index in [9.17, 15) is 0 Å². The first-order chi connectivity index (χ1) is 7.20. The number of aromatic nitrogens is 1. The Bertz CT molecular complexity index is 329. The number of pyridine rings is 1. The monoisotopic (exact) mass is 227 g/mol. The van der Waals surface area contributed by atoms with Crippen molar-refractivity contribution in [2.24, 2.45) is 0 Å². The molecule has 0 atom stereocenters. The smallest absolute Gasteiger partial charge is 0.128 e. The van der Waals surface area contributed by atoms with Gasteiger partial charge in [-0.3, -0.25) is 4.98 Å². The minimum Gasteiger partial charge on any atom is -0.496 e. The Balaban J connectivity index is 2.80. The topological polar surface area (TPSA) is 42.4 Å². The van der Waals surface area contributed by atoms with Crippen molar-refractivity contribution >= 4 is 11.8 Å². The summed E-state index contributed by atoms with van der Waals surface area (Å²) < 4.78 is 5.32. The number of hydrogen-bond donors (Lipinski definition) is 1. The van der Waals surface area contributed by atoms with Gasteiger partial charge in [0, 0.05) is 28.8 Å². The fourth-order valence-corrected chi connectivity index (χ4v) is 2.21. The van der Waals surface area contributed by atoms with Crippen LogP contribution < -0.4 is 4.74 Å². The average Bonchev–Trinajstić information content (AvgIpc) is 2.22. The Hall–Kier alpha value is -0.740. The van der Waals surface area contributed by atoms with Crippen molar-refractivity contribution in [1.82, 2.24) is 4.98 Å². The maximum absolute atomic E-state index is 8.69. The van der Waals surface area contributed by atoms with Gasteiger partial charge in [-0.15, -0.1) is 0 Å². The predicted molar refractivity (Wildman–Crippen MR) is 63.5 cm³/mol. The second-order valence-electron chi connectivity index (χ2n) is 3.32. The summed E-state index contributed by atoms with van der Waals surface area (Å²) in [6.07, 6.45) is 1.83. The van der Waals surface area contributed by atoms with Gasteiger partial charge in [0.15, 0.2) is 0 Å². The molecule has 0 saturated carbocycles. The highest BCUT2D eigenvalue weighted by atomic mass is 32.2. The van der Waals surface area contributed by atoms with Crippen LogP contribution in [0, 0.1) is 13.8 Å². The first kappa shape index (κ1) is 12.3. The van der Waals surface area contributed by atoms with Gasteiger partial charge in [-0.1, -0.05) is 0 Å². The Morgan fingerprint density at radius 3 is 2.80 bits per heavy atom. The molecular formula is C11H17NO2S. The summed E-state index contributed by atoms with van der Waals surface area (Å²) in [6, 6.07) is 0. The molecule has 84 valence electrons. The maximum Gasteiger partial charge on any atom is 0.128 e. The minimum absolute atomic E-state index is 0.215. The molecule has 0 spiro atoms. The number of aryl methyl sites for hydroxylation is 1. The molecule has 0 aromatic carbocycles. The van der Waals surface area contributed by atoms with E-state index < -0.39 is 0 Å². The lowest BCUT2D eigenvalue weighted by molar-refractivity contribution is 0.322. The molecule has 3 nitrogen and oxygen atoms in total.